The van der Waals surface area contributed by atoms with E-state index >= 15 is 0 Å². The number of fused-ring (bicyclic) bond motifs is 1. The Hall–Kier alpha value is -2.09. The molecule has 2 heterocycles. The van der Waals surface area contributed by atoms with E-state index in [4.69, 9.17) is 6.57 Å². The zero-order valence-electron chi connectivity index (χ0n) is 10.1. The molecule has 2 aromatic heterocycles. The van der Waals surface area contributed by atoms with Gasteiger partial charge < -0.3 is 5.10 Å². The summed E-state index contributed by atoms with van der Waals surface area (Å²) in [4.78, 5) is 19.9. The highest BCUT2D eigenvalue weighted by atomic mass is 16.1. The van der Waals surface area contributed by atoms with E-state index in [2.05, 4.69) is 28.8 Å². The second kappa shape index (κ2) is 4.06. The fourth-order valence-corrected chi connectivity index (χ4v) is 1.87. The standard InChI is InChI=1S/C12H14N4O/c1-7(2)5-9-8(3)15-11-10(13-4)6-14-16(11)12(9)17/h6-7,14H,5H2,1-3H3. The molecule has 0 saturated heterocycles. The Morgan fingerprint density at radius 1 is 1.59 bits per heavy atom. The lowest BCUT2D eigenvalue weighted by Crippen LogP contribution is -2.22. The van der Waals surface area contributed by atoms with E-state index in [1.165, 1.54) is 10.7 Å². The number of aromatic amines is 1. The molecule has 0 unspecified atom stereocenters. The predicted molar refractivity (Wildman–Crippen MR) is 65.4 cm³/mol. The molecular formula is C12H14N4O. The quantitative estimate of drug-likeness (QED) is 0.803. The fraction of sp³-hybridized carbons (Fsp3) is 0.417. The third-order valence-electron chi connectivity index (χ3n) is 2.68. The molecule has 1 N–H and O–H groups in total. The van der Waals surface area contributed by atoms with Crippen LogP contribution in [0.25, 0.3) is 10.5 Å². The van der Waals surface area contributed by atoms with Gasteiger partial charge in [0, 0.05) is 17.5 Å². The van der Waals surface area contributed by atoms with Crippen LogP contribution in [0.15, 0.2) is 11.0 Å². The van der Waals surface area contributed by atoms with Crippen LogP contribution in [0.4, 0.5) is 5.69 Å². The van der Waals surface area contributed by atoms with Gasteiger partial charge in [-0.2, -0.15) is 0 Å². The Labute approximate surface area is 98.9 Å². The van der Waals surface area contributed by atoms with Gasteiger partial charge in [-0.1, -0.05) is 13.8 Å². The maximum atomic E-state index is 12.2. The van der Waals surface area contributed by atoms with Gasteiger partial charge in [-0.05, 0) is 19.3 Å². The zero-order valence-corrected chi connectivity index (χ0v) is 10.1. The first-order valence-electron chi connectivity index (χ1n) is 5.51. The average Bonchev–Trinajstić information content (AvgIpc) is 2.66. The second-order valence-corrected chi connectivity index (χ2v) is 4.51. The summed E-state index contributed by atoms with van der Waals surface area (Å²) in [6, 6.07) is 0. The van der Waals surface area contributed by atoms with Crippen LogP contribution in [-0.4, -0.2) is 14.6 Å². The Bertz CT molecular complexity index is 657. The van der Waals surface area contributed by atoms with Gasteiger partial charge in [0.1, 0.15) is 0 Å². The lowest BCUT2D eigenvalue weighted by atomic mass is 10.0. The van der Waals surface area contributed by atoms with E-state index in [9.17, 15) is 4.79 Å². The summed E-state index contributed by atoms with van der Waals surface area (Å²) in [6.07, 6.45) is 2.21. The lowest BCUT2D eigenvalue weighted by Gasteiger charge is -2.07. The summed E-state index contributed by atoms with van der Waals surface area (Å²) < 4.78 is 1.35. The van der Waals surface area contributed by atoms with Crippen molar-refractivity contribution in [1.29, 1.82) is 0 Å². The largest absolute Gasteiger partial charge is 0.308 e. The molecule has 0 aromatic carbocycles. The Morgan fingerprint density at radius 2 is 2.29 bits per heavy atom. The highest BCUT2D eigenvalue weighted by molar-refractivity contribution is 5.67. The topological polar surface area (TPSA) is 54.5 Å². The zero-order chi connectivity index (χ0) is 12.6. The van der Waals surface area contributed by atoms with Crippen molar-refractivity contribution in [1.82, 2.24) is 14.6 Å². The van der Waals surface area contributed by atoms with Crippen LogP contribution >= 0.6 is 0 Å². The van der Waals surface area contributed by atoms with Crippen molar-refractivity contribution in [2.24, 2.45) is 5.92 Å². The summed E-state index contributed by atoms with van der Waals surface area (Å²) in [5, 5.41) is 2.78. The molecule has 17 heavy (non-hydrogen) atoms. The normalized spacial score (nSPS) is 11.0. The van der Waals surface area contributed by atoms with Gasteiger partial charge in [0.25, 0.3) is 5.56 Å². The van der Waals surface area contributed by atoms with Crippen molar-refractivity contribution < 1.29 is 0 Å². The molecule has 0 radical (unpaired) electrons. The molecular weight excluding hydrogens is 216 g/mol. The molecule has 88 valence electrons. The minimum Gasteiger partial charge on any atom is -0.308 e. The highest BCUT2D eigenvalue weighted by Crippen LogP contribution is 2.18. The molecule has 5 nitrogen and oxygen atoms in total. The first kappa shape index (κ1) is 11.4. The number of aryl methyl sites for hydroxylation is 1. The SMILES string of the molecule is [C-]#[N+]c1c[nH]n2c(=O)c(CC(C)C)c(C)nc12. The van der Waals surface area contributed by atoms with Gasteiger partial charge in [-0.3, -0.25) is 4.79 Å². The molecule has 0 atom stereocenters. The molecule has 0 aliphatic rings. The summed E-state index contributed by atoms with van der Waals surface area (Å²) in [7, 11) is 0. The third-order valence-corrected chi connectivity index (χ3v) is 2.68. The number of nitrogens with one attached hydrogen (secondary N) is 1. The third kappa shape index (κ3) is 1.82. The van der Waals surface area contributed by atoms with Gasteiger partial charge in [0.2, 0.25) is 5.69 Å². The van der Waals surface area contributed by atoms with E-state index in [1.54, 1.807) is 0 Å². The van der Waals surface area contributed by atoms with Crippen LogP contribution in [0.5, 0.6) is 0 Å². The molecule has 0 saturated carbocycles. The number of aromatic nitrogens is 3. The molecule has 0 amide bonds. The van der Waals surface area contributed by atoms with Crippen molar-refractivity contribution in [3.05, 3.63) is 39.2 Å². The number of nitrogens with zero attached hydrogens (tertiary/aromatic N) is 3. The summed E-state index contributed by atoms with van der Waals surface area (Å²) in [6.45, 7) is 12.9. The van der Waals surface area contributed by atoms with E-state index in [0.717, 1.165) is 5.56 Å². The van der Waals surface area contributed by atoms with Crippen LogP contribution in [0.3, 0.4) is 0 Å². The summed E-state index contributed by atoms with van der Waals surface area (Å²) in [5.41, 5.74) is 2.12. The predicted octanol–water partition coefficient (Wildman–Crippen LogP) is 2.08. The van der Waals surface area contributed by atoms with Crippen LogP contribution in [-0.2, 0) is 6.42 Å². The van der Waals surface area contributed by atoms with Crippen molar-refractivity contribution >= 4 is 11.3 Å². The molecule has 0 bridgehead atoms. The minimum atomic E-state index is -0.101. The Kier molecular flexibility index (Phi) is 2.72. The number of hydrogen-bond acceptors (Lipinski definition) is 2. The number of rotatable bonds is 2. The maximum absolute atomic E-state index is 12.2. The van der Waals surface area contributed by atoms with Gasteiger partial charge in [-0.15, -0.1) is 0 Å². The van der Waals surface area contributed by atoms with E-state index in [-0.39, 0.29) is 5.56 Å². The second-order valence-electron chi connectivity index (χ2n) is 4.51. The van der Waals surface area contributed by atoms with Crippen LogP contribution in [0, 0.1) is 19.4 Å². The van der Waals surface area contributed by atoms with Crippen LogP contribution in [0.1, 0.15) is 25.1 Å². The molecule has 0 aliphatic heterocycles. The number of hydrogen-bond donors (Lipinski definition) is 1. The van der Waals surface area contributed by atoms with Gasteiger partial charge >= 0.3 is 0 Å². The van der Waals surface area contributed by atoms with Gasteiger partial charge in [0.15, 0.2) is 5.65 Å². The summed E-state index contributed by atoms with van der Waals surface area (Å²) in [5.74, 6) is 0.400. The van der Waals surface area contributed by atoms with Crippen molar-refractivity contribution in [2.75, 3.05) is 0 Å². The van der Waals surface area contributed by atoms with Gasteiger partial charge in [-0.25, -0.2) is 14.3 Å². The average molecular weight is 230 g/mol. The molecule has 5 heteroatoms. The first-order chi connectivity index (χ1) is 8.04. The minimum absolute atomic E-state index is 0.101. The van der Waals surface area contributed by atoms with Gasteiger partial charge in [0.05, 0.1) is 6.57 Å². The maximum Gasteiger partial charge on any atom is 0.274 e. The van der Waals surface area contributed by atoms with Crippen LogP contribution < -0.4 is 5.56 Å². The van der Waals surface area contributed by atoms with Crippen molar-refractivity contribution in [3.63, 3.8) is 0 Å². The first-order valence-corrected chi connectivity index (χ1v) is 5.51. The number of H-pyrrole nitrogens is 1. The molecule has 0 spiro atoms. The van der Waals surface area contributed by atoms with E-state index in [1.807, 2.05) is 6.92 Å². The Balaban J connectivity index is 2.74. The molecule has 2 aromatic rings. The molecule has 2 rings (SSSR count). The fourth-order valence-electron chi connectivity index (χ4n) is 1.87. The summed E-state index contributed by atoms with van der Waals surface area (Å²) >= 11 is 0. The monoisotopic (exact) mass is 230 g/mol. The Morgan fingerprint density at radius 3 is 2.88 bits per heavy atom. The van der Waals surface area contributed by atoms with Crippen LogP contribution in [0.2, 0.25) is 0 Å². The van der Waals surface area contributed by atoms with E-state index in [0.29, 0.717) is 29.4 Å². The highest BCUT2D eigenvalue weighted by Gasteiger charge is 2.14. The molecule has 0 aliphatic carbocycles. The van der Waals surface area contributed by atoms with Crippen molar-refractivity contribution in [3.8, 4) is 0 Å². The smallest absolute Gasteiger partial charge is 0.274 e. The van der Waals surface area contributed by atoms with Crippen molar-refractivity contribution in [2.45, 2.75) is 27.2 Å². The lowest BCUT2D eigenvalue weighted by molar-refractivity contribution is 0.632. The van der Waals surface area contributed by atoms with E-state index < -0.39 is 0 Å². The molecule has 0 fully saturated rings.